The van der Waals surface area contributed by atoms with Crippen molar-refractivity contribution in [3.05, 3.63) is 29.8 Å². The molecule has 0 aromatic heterocycles. The third-order valence-electron chi connectivity index (χ3n) is 3.81. The fourth-order valence-corrected chi connectivity index (χ4v) is 2.54. The van der Waals surface area contributed by atoms with E-state index in [1.165, 1.54) is 44.9 Å². The van der Waals surface area contributed by atoms with Crippen molar-refractivity contribution in [1.82, 2.24) is 0 Å². The van der Waals surface area contributed by atoms with E-state index in [2.05, 4.69) is 0 Å². The molecule has 0 bridgehead atoms. The normalized spacial score (nSPS) is 12.5. The average Bonchev–Trinajstić information content (AvgIpc) is 2.42. The van der Waals surface area contributed by atoms with Crippen LogP contribution in [0.1, 0.15) is 70.3 Å². The van der Waals surface area contributed by atoms with Gasteiger partial charge in [-0.2, -0.15) is 0 Å². The van der Waals surface area contributed by atoms with Gasteiger partial charge in [0.15, 0.2) is 0 Å². The van der Waals surface area contributed by atoms with E-state index in [4.69, 9.17) is 5.11 Å². The first-order valence-electron chi connectivity index (χ1n) is 8.15. The van der Waals surface area contributed by atoms with Crippen molar-refractivity contribution < 1.29 is 10.2 Å². The fourth-order valence-electron chi connectivity index (χ4n) is 2.54. The lowest BCUT2D eigenvalue weighted by molar-refractivity contribution is 0.180. The van der Waals surface area contributed by atoms with E-state index in [0.29, 0.717) is 5.75 Å². The van der Waals surface area contributed by atoms with Crippen LogP contribution in [0.4, 0.5) is 0 Å². The molecule has 0 fully saturated rings. The van der Waals surface area contributed by atoms with Crippen molar-refractivity contribution in [3.63, 3.8) is 0 Å². The van der Waals surface area contributed by atoms with Crippen molar-refractivity contribution >= 4 is 0 Å². The topological polar surface area (TPSA) is 40.5 Å². The van der Waals surface area contributed by atoms with E-state index >= 15 is 0 Å². The zero-order valence-electron chi connectivity index (χ0n) is 12.9. The van der Waals surface area contributed by atoms with E-state index in [1.807, 2.05) is 25.1 Å². The lowest BCUT2D eigenvalue weighted by Crippen LogP contribution is -1.98. The Morgan fingerprint density at radius 3 is 2.00 bits per heavy atom. The lowest BCUT2D eigenvalue weighted by atomic mass is 10.0. The first-order valence-corrected chi connectivity index (χ1v) is 8.15. The lowest BCUT2D eigenvalue weighted by Gasteiger charge is -2.05. The maximum Gasteiger partial charge on any atom is 0.118 e. The summed E-state index contributed by atoms with van der Waals surface area (Å²) in [6.45, 7) is 1.87. The smallest absolute Gasteiger partial charge is 0.118 e. The molecule has 0 saturated carbocycles. The molecule has 0 aliphatic rings. The van der Waals surface area contributed by atoms with E-state index in [0.717, 1.165) is 24.8 Å². The van der Waals surface area contributed by atoms with Gasteiger partial charge in [-0.05, 0) is 37.8 Å². The van der Waals surface area contributed by atoms with Crippen LogP contribution in [0.2, 0.25) is 0 Å². The second kappa shape index (κ2) is 10.7. The van der Waals surface area contributed by atoms with Crippen LogP contribution in [0.25, 0.3) is 0 Å². The van der Waals surface area contributed by atoms with Gasteiger partial charge in [0, 0.05) is 0 Å². The summed E-state index contributed by atoms with van der Waals surface area (Å²) in [6.07, 6.45) is 11.9. The number of phenols is 1. The zero-order valence-corrected chi connectivity index (χ0v) is 12.9. The number of para-hydroxylation sites is 1. The number of hydrogen-bond acceptors (Lipinski definition) is 2. The summed E-state index contributed by atoms with van der Waals surface area (Å²) < 4.78 is 0. The molecule has 2 heteroatoms. The van der Waals surface area contributed by atoms with Gasteiger partial charge in [0.1, 0.15) is 5.75 Å². The molecule has 1 rings (SSSR count). The van der Waals surface area contributed by atoms with Crippen LogP contribution < -0.4 is 0 Å². The highest BCUT2D eigenvalue weighted by atomic mass is 16.3. The van der Waals surface area contributed by atoms with Gasteiger partial charge in [-0.15, -0.1) is 0 Å². The average molecular weight is 278 g/mol. The van der Waals surface area contributed by atoms with Crippen molar-refractivity contribution in [2.24, 2.45) is 0 Å². The van der Waals surface area contributed by atoms with Crippen molar-refractivity contribution in [1.29, 1.82) is 0 Å². The molecular formula is C18H30O2. The summed E-state index contributed by atoms with van der Waals surface area (Å²) in [7, 11) is 0. The molecule has 2 nitrogen and oxygen atoms in total. The highest BCUT2D eigenvalue weighted by Crippen LogP contribution is 2.19. The van der Waals surface area contributed by atoms with Crippen LogP contribution >= 0.6 is 0 Å². The number of aliphatic hydroxyl groups excluding tert-OH is 1. The largest absolute Gasteiger partial charge is 0.508 e. The van der Waals surface area contributed by atoms with Gasteiger partial charge in [-0.1, -0.05) is 63.1 Å². The van der Waals surface area contributed by atoms with Gasteiger partial charge in [-0.3, -0.25) is 0 Å². The Bertz CT molecular complexity index is 347. The Morgan fingerprint density at radius 2 is 1.40 bits per heavy atom. The van der Waals surface area contributed by atoms with Gasteiger partial charge in [0.25, 0.3) is 0 Å². The molecular weight excluding hydrogens is 248 g/mol. The third-order valence-corrected chi connectivity index (χ3v) is 3.81. The summed E-state index contributed by atoms with van der Waals surface area (Å²) in [4.78, 5) is 0. The van der Waals surface area contributed by atoms with Crippen LogP contribution in [-0.4, -0.2) is 16.3 Å². The number of aryl methyl sites for hydroxylation is 1. The van der Waals surface area contributed by atoms with Crippen molar-refractivity contribution in [2.75, 3.05) is 0 Å². The molecule has 2 N–H and O–H groups in total. The number of rotatable bonds is 11. The Kier molecular flexibility index (Phi) is 9.14. The van der Waals surface area contributed by atoms with Crippen LogP contribution in [0.15, 0.2) is 24.3 Å². The summed E-state index contributed by atoms with van der Waals surface area (Å²) in [6, 6.07) is 7.64. The van der Waals surface area contributed by atoms with Gasteiger partial charge in [0.05, 0.1) is 6.10 Å². The molecule has 0 radical (unpaired) electrons. The Morgan fingerprint density at radius 1 is 0.850 bits per heavy atom. The maximum atomic E-state index is 9.65. The first kappa shape index (κ1) is 17.0. The molecule has 0 spiro atoms. The molecule has 0 aliphatic heterocycles. The minimum atomic E-state index is -0.135. The van der Waals surface area contributed by atoms with Crippen molar-refractivity contribution in [3.8, 4) is 5.75 Å². The number of aromatic hydroxyl groups is 1. The van der Waals surface area contributed by atoms with Crippen LogP contribution in [-0.2, 0) is 6.42 Å². The van der Waals surface area contributed by atoms with Gasteiger partial charge in [-0.25, -0.2) is 0 Å². The minimum absolute atomic E-state index is 0.135. The predicted molar refractivity (Wildman–Crippen MR) is 85.0 cm³/mol. The molecule has 1 atom stereocenters. The van der Waals surface area contributed by atoms with E-state index in [9.17, 15) is 5.11 Å². The molecule has 0 amide bonds. The van der Waals surface area contributed by atoms with Gasteiger partial charge in [0.2, 0.25) is 0 Å². The monoisotopic (exact) mass is 278 g/mol. The molecule has 0 heterocycles. The van der Waals surface area contributed by atoms with Gasteiger partial charge < -0.3 is 10.2 Å². The molecule has 20 heavy (non-hydrogen) atoms. The molecule has 114 valence electrons. The number of phenolic OH excluding ortho intramolecular Hbond substituents is 1. The number of unbranched alkanes of at least 4 members (excludes halogenated alkanes) is 7. The Balaban J connectivity index is 1.89. The molecule has 1 aromatic carbocycles. The Hall–Kier alpha value is -1.02. The second-order valence-electron chi connectivity index (χ2n) is 5.84. The van der Waals surface area contributed by atoms with Crippen LogP contribution in [0, 0.1) is 0 Å². The van der Waals surface area contributed by atoms with E-state index in [-0.39, 0.29) is 6.10 Å². The molecule has 0 aliphatic carbocycles. The highest BCUT2D eigenvalue weighted by Gasteiger charge is 1.99. The molecule has 1 unspecified atom stereocenters. The quantitative estimate of drug-likeness (QED) is 0.569. The summed E-state index contributed by atoms with van der Waals surface area (Å²) in [5.74, 6) is 0.436. The maximum absolute atomic E-state index is 9.65. The zero-order chi connectivity index (χ0) is 14.6. The second-order valence-corrected chi connectivity index (χ2v) is 5.84. The predicted octanol–water partition coefficient (Wildman–Crippen LogP) is 4.83. The third kappa shape index (κ3) is 8.21. The molecule has 1 aromatic rings. The summed E-state index contributed by atoms with van der Waals surface area (Å²) in [5.41, 5.74) is 1.07. The highest BCUT2D eigenvalue weighted by molar-refractivity contribution is 5.31. The summed E-state index contributed by atoms with van der Waals surface area (Å²) in [5, 5.41) is 18.8. The standard InChI is InChI=1S/C18H30O2/c1-16(19)12-8-6-4-2-3-5-7-9-13-17-14-10-11-15-18(17)20/h10-11,14-16,19-20H,2-9,12-13H2,1H3. The molecule has 0 saturated heterocycles. The van der Waals surface area contributed by atoms with E-state index < -0.39 is 0 Å². The SMILES string of the molecule is CC(O)CCCCCCCCCCc1ccccc1O. The number of aliphatic hydroxyl groups is 1. The van der Waals surface area contributed by atoms with Crippen LogP contribution in [0.3, 0.4) is 0 Å². The fraction of sp³-hybridized carbons (Fsp3) is 0.667. The van der Waals surface area contributed by atoms with Crippen molar-refractivity contribution in [2.45, 2.75) is 77.2 Å². The number of hydrogen-bond donors (Lipinski definition) is 2. The summed E-state index contributed by atoms with van der Waals surface area (Å²) >= 11 is 0. The minimum Gasteiger partial charge on any atom is -0.508 e. The number of benzene rings is 1. The Labute approximate surface area is 123 Å². The van der Waals surface area contributed by atoms with Gasteiger partial charge >= 0.3 is 0 Å². The first-order chi connectivity index (χ1) is 9.70. The van der Waals surface area contributed by atoms with E-state index in [1.54, 1.807) is 6.07 Å². The van der Waals surface area contributed by atoms with Crippen LogP contribution in [0.5, 0.6) is 5.75 Å².